The maximum atomic E-state index is 5.98. The number of benzene rings is 1. The summed E-state index contributed by atoms with van der Waals surface area (Å²) in [5.74, 6) is 0.881. The summed E-state index contributed by atoms with van der Waals surface area (Å²) in [6.07, 6.45) is 6.23. The molecule has 1 aliphatic rings. The summed E-state index contributed by atoms with van der Waals surface area (Å²) >= 11 is 0. The summed E-state index contributed by atoms with van der Waals surface area (Å²) in [4.78, 5) is 4.50. The van der Waals surface area contributed by atoms with E-state index in [1.807, 2.05) is 30.5 Å². The Balaban J connectivity index is 1.33. The first-order valence-electron chi connectivity index (χ1n) is 8.84. The Morgan fingerprint density at radius 2 is 1.88 bits per heavy atom. The summed E-state index contributed by atoms with van der Waals surface area (Å²) in [5.41, 5.74) is 2.31. The zero-order chi connectivity index (χ0) is 16.5. The van der Waals surface area contributed by atoms with Crippen molar-refractivity contribution in [2.24, 2.45) is 0 Å². The summed E-state index contributed by atoms with van der Waals surface area (Å²) < 4.78 is 11.7. The Hall–Kier alpha value is -1.91. The first kappa shape index (κ1) is 16.9. The van der Waals surface area contributed by atoms with Gasteiger partial charge in [0.05, 0.1) is 12.8 Å². The van der Waals surface area contributed by atoms with Crippen LogP contribution >= 0.6 is 0 Å². The van der Waals surface area contributed by atoms with Gasteiger partial charge in [0.2, 0.25) is 0 Å². The lowest BCUT2D eigenvalue weighted by molar-refractivity contribution is 0.118. The van der Waals surface area contributed by atoms with Gasteiger partial charge in [-0.05, 0) is 56.5 Å². The van der Waals surface area contributed by atoms with Crippen molar-refractivity contribution in [2.75, 3.05) is 19.7 Å². The van der Waals surface area contributed by atoms with Gasteiger partial charge in [-0.1, -0.05) is 30.3 Å². The van der Waals surface area contributed by atoms with Gasteiger partial charge in [0.25, 0.3) is 0 Å². The van der Waals surface area contributed by atoms with Gasteiger partial charge in [-0.15, -0.1) is 0 Å². The molecule has 3 rings (SSSR count). The summed E-state index contributed by atoms with van der Waals surface area (Å²) in [5, 5.41) is 3.35. The van der Waals surface area contributed by atoms with Crippen molar-refractivity contribution in [3.63, 3.8) is 0 Å². The van der Waals surface area contributed by atoms with E-state index in [0.717, 1.165) is 56.8 Å². The van der Waals surface area contributed by atoms with Crippen LogP contribution in [0.3, 0.4) is 0 Å². The van der Waals surface area contributed by atoms with Crippen LogP contribution in [0.15, 0.2) is 48.7 Å². The van der Waals surface area contributed by atoms with E-state index in [-0.39, 0.29) is 0 Å². The van der Waals surface area contributed by atoms with Crippen LogP contribution in [0.4, 0.5) is 0 Å². The third-order valence-electron chi connectivity index (χ3n) is 4.22. The number of hydrogen-bond acceptors (Lipinski definition) is 4. The highest BCUT2D eigenvalue weighted by atomic mass is 16.5. The number of nitrogens with zero attached hydrogens (tertiary/aromatic N) is 1. The van der Waals surface area contributed by atoms with Gasteiger partial charge in [0.15, 0.2) is 0 Å². The number of nitrogens with one attached hydrogen (secondary N) is 1. The number of hydrogen-bond donors (Lipinski definition) is 1. The van der Waals surface area contributed by atoms with E-state index in [1.165, 1.54) is 5.56 Å². The molecule has 1 fully saturated rings. The van der Waals surface area contributed by atoms with Gasteiger partial charge in [-0.2, -0.15) is 0 Å². The lowest BCUT2D eigenvalue weighted by atomic mass is 10.1. The molecule has 0 unspecified atom stereocenters. The van der Waals surface area contributed by atoms with Gasteiger partial charge >= 0.3 is 0 Å². The third-order valence-corrected chi connectivity index (χ3v) is 4.22. The first-order valence-corrected chi connectivity index (χ1v) is 8.84. The minimum absolute atomic E-state index is 0.324. The van der Waals surface area contributed by atoms with E-state index in [2.05, 4.69) is 28.5 Å². The van der Waals surface area contributed by atoms with Gasteiger partial charge in [-0.3, -0.25) is 4.98 Å². The first-order chi connectivity index (χ1) is 11.9. The number of piperidine rings is 1. The Morgan fingerprint density at radius 3 is 2.62 bits per heavy atom. The molecule has 1 aromatic heterocycles. The van der Waals surface area contributed by atoms with Crippen LogP contribution in [-0.2, 0) is 17.8 Å². The molecule has 4 heteroatoms. The third kappa shape index (κ3) is 5.62. The second-order valence-electron chi connectivity index (χ2n) is 6.19. The second kappa shape index (κ2) is 9.40. The molecule has 2 aromatic rings. The predicted octanol–water partition coefficient (Wildman–Crippen LogP) is 3.36. The van der Waals surface area contributed by atoms with Crippen molar-refractivity contribution in [3.05, 3.63) is 59.9 Å². The molecular formula is C20H26N2O2. The second-order valence-corrected chi connectivity index (χ2v) is 6.19. The molecule has 0 radical (unpaired) electrons. The van der Waals surface area contributed by atoms with Gasteiger partial charge in [0, 0.05) is 12.3 Å². The normalized spacial score (nSPS) is 15.3. The molecule has 1 N–H and O–H groups in total. The molecule has 0 aliphatic carbocycles. The fourth-order valence-electron chi connectivity index (χ4n) is 2.85. The maximum Gasteiger partial charge on any atom is 0.138 e. The van der Waals surface area contributed by atoms with E-state index in [1.54, 1.807) is 0 Å². The quantitative estimate of drug-likeness (QED) is 0.756. The molecule has 0 atom stereocenters. The van der Waals surface area contributed by atoms with Crippen LogP contribution in [0.1, 0.15) is 30.5 Å². The average Bonchev–Trinajstić information content (AvgIpc) is 2.65. The lowest BCUT2D eigenvalue weighted by Crippen LogP contribution is -2.34. The Labute approximate surface area is 144 Å². The van der Waals surface area contributed by atoms with E-state index in [9.17, 15) is 0 Å². The molecule has 4 nitrogen and oxygen atoms in total. The van der Waals surface area contributed by atoms with Gasteiger partial charge in [-0.25, -0.2) is 0 Å². The molecule has 1 saturated heterocycles. The Kier molecular flexibility index (Phi) is 6.63. The number of rotatable bonds is 8. The van der Waals surface area contributed by atoms with Crippen molar-refractivity contribution >= 4 is 0 Å². The van der Waals surface area contributed by atoms with E-state index in [0.29, 0.717) is 12.7 Å². The average molecular weight is 326 g/mol. The fourth-order valence-corrected chi connectivity index (χ4v) is 2.85. The molecule has 0 bridgehead atoms. The van der Waals surface area contributed by atoms with Crippen LogP contribution in [0.5, 0.6) is 5.75 Å². The number of pyridine rings is 1. The SMILES string of the molecule is c1ccc(COCCCc2ccc(OC3CCNCC3)cn2)cc1. The van der Waals surface area contributed by atoms with Gasteiger partial charge in [0.1, 0.15) is 11.9 Å². The highest BCUT2D eigenvalue weighted by molar-refractivity contribution is 5.20. The molecule has 2 heterocycles. The van der Waals surface area contributed by atoms with E-state index >= 15 is 0 Å². The number of aryl methyl sites for hydroxylation is 1. The predicted molar refractivity (Wildman–Crippen MR) is 95.2 cm³/mol. The fraction of sp³-hybridized carbons (Fsp3) is 0.450. The van der Waals surface area contributed by atoms with Crippen molar-refractivity contribution < 1.29 is 9.47 Å². The van der Waals surface area contributed by atoms with Crippen molar-refractivity contribution in [2.45, 2.75) is 38.4 Å². The standard InChI is InChI=1S/C20H26N2O2/c1-2-5-17(6-3-1)16-23-14-4-7-18-8-9-20(15-22-18)24-19-10-12-21-13-11-19/h1-3,5-6,8-9,15,19,21H,4,7,10-14,16H2. The van der Waals surface area contributed by atoms with Crippen LogP contribution < -0.4 is 10.1 Å². The van der Waals surface area contributed by atoms with Crippen LogP contribution in [0.25, 0.3) is 0 Å². The molecule has 1 aromatic carbocycles. The molecule has 24 heavy (non-hydrogen) atoms. The number of ether oxygens (including phenoxy) is 2. The minimum Gasteiger partial charge on any atom is -0.489 e. The van der Waals surface area contributed by atoms with Crippen molar-refractivity contribution in [3.8, 4) is 5.75 Å². The molecule has 0 spiro atoms. The smallest absolute Gasteiger partial charge is 0.138 e. The zero-order valence-corrected chi connectivity index (χ0v) is 14.1. The van der Waals surface area contributed by atoms with Gasteiger partial charge < -0.3 is 14.8 Å². The maximum absolute atomic E-state index is 5.98. The zero-order valence-electron chi connectivity index (χ0n) is 14.1. The highest BCUT2D eigenvalue weighted by Crippen LogP contribution is 2.16. The van der Waals surface area contributed by atoms with Crippen molar-refractivity contribution in [1.82, 2.24) is 10.3 Å². The van der Waals surface area contributed by atoms with E-state index < -0.39 is 0 Å². The van der Waals surface area contributed by atoms with Crippen LogP contribution in [0, 0.1) is 0 Å². The summed E-state index contributed by atoms with van der Waals surface area (Å²) in [7, 11) is 0. The molecule has 0 saturated carbocycles. The van der Waals surface area contributed by atoms with Crippen LogP contribution in [0.2, 0.25) is 0 Å². The van der Waals surface area contributed by atoms with Crippen molar-refractivity contribution in [1.29, 1.82) is 0 Å². The molecule has 0 amide bonds. The Morgan fingerprint density at radius 1 is 1.04 bits per heavy atom. The molecule has 1 aliphatic heterocycles. The van der Waals surface area contributed by atoms with Crippen LogP contribution in [-0.4, -0.2) is 30.8 Å². The highest BCUT2D eigenvalue weighted by Gasteiger charge is 2.14. The summed E-state index contributed by atoms with van der Waals surface area (Å²) in [6.45, 7) is 3.51. The number of aromatic nitrogens is 1. The monoisotopic (exact) mass is 326 g/mol. The topological polar surface area (TPSA) is 43.4 Å². The minimum atomic E-state index is 0.324. The largest absolute Gasteiger partial charge is 0.489 e. The molecule has 128 valence electrons. The summed E-state index contributed by atoms with van der Waals surface area (Å²) in [6, 6.07) is 14.4. The lowest BCUT2D eigenvalue weighted by Gasteiger charge is -2.23. The Bertz CT molecular complexity index is 580. The van der Waals surface area contributed by atoms with E-state index in [4.69, 9.17) is 9.47 Å². The molecular weight excluding hydrogens is 300 g/mol.